The van der Waals surface area contributed by atoms with Gasteiger partial charge in [0.15, 0.2) is 0 Å². The molecule has 1 heteroatoms. The van der Waals surface area contributed by atoms with Crippen LogP contribution in [0.3, 0.4) is 0 Å². The van der Waals surface area contributed by atoms with Crippen LogP contribution in [0.5, 0.6) is 0 Å². The quantitative estimate of drug-likeness (QED) is 0.472. The van der Waals surface area contributed by atoms with Crippen molar-refractivity contribution >= 4 is 0 Å². The Hall–Kier alpha value is -1.55. The van der Waals surface area contributed by atoms with E-state index in [-0.39, 0.29) is 0 Å². The molecule has 0 N–H and O–H groups in total. The van der Waals surface area contributed by atoms with Crippen LogP contribution in [0.25, 0.3) is 0 Å². The Kier molecular flexibility index (Phi) is 7.17. The highest BCUT2D eigenvalue weighted by molar-refractivity contribution is 5.24. The number of rotatable bonds is 5. The first-order valence-electron chi connectivity index (χ1n) is 4.79. The van der Waals surface area contributed by atoms with E-state index < -0.39 is 0 Å². The zero-order chi connectivity index (χ0) is 10.8. The molecule has 0 aromatic rings. The van der Waals surface area contributed by atoms with Gasteiger partial charge in [-0.15, -0.1) is 0 Å². The summed E-state index contributed by atoms with van der Waals surface area (Å²) < 4.78 is 0. The largest absolute Gasteiger partial charge is 0.193 e. The highest BCUT2D eigenvalue weighted by Gasteiger charge is 1.84. The van der Waals surface area contributed by atoms with Gasteiger partial charge in [0.2, 0.25) is 0 Å². The van der Waals surface area contributed by atoms with Crippen molar-refractivity contribution in [1.82, 2.24) is 0 Å². The number of hydrogen-bond acceptors (Lipinski definition) is 1. The van der Waals surface area contributed by atoms with Crippen LogP contribution in [-0.2, 0) is 0 Å². The average Bonchev–Trinajstić information content (AvgIpc) is 2.22. The summed E-state index contributed by atoms with van der Waals surface area (Å²) in [6.45, 7) is 7.57. The lowest BCUT2D eigenvalue weighted by Crippen LogP contribution is -1.73. The van der Waals surface area contributed by atoms with Crippen molar-refractivity contribution in [2.45, 2.75) is 26.7 Å². The van der Waals surface area contributed by atoms with Gasteiger partial charge in [0.25, 0.3) is 0 Å². The van der Waals surface area contributed by atoms with Gasteiger partial charge >= 0.3 is 0 Å². The molecule has 0 spiro atoms. The van der Waals surface area contributed by atoms with E-state index in [0.29, 0.717) is 0 Å². The first kappa shape index (κ1) is 12.4. The lowest BCUT2D eigenvalue weighted by molar-refractivity contribution is 1.14. The number of nitrogens with zero attached hydrogens (tertiary/aromatic N) is 1. The van der Waals surface area contributed by atoms with Crippen molar-refractivity contribution in [2.75, 3.05) is 0 Å². The summed E-state index contributed by atoms with van der Waals surface area (Å²) in [7, 11) is 0. The highest BCUT2D eigenvalue weighted by atomic mass is 14.2. The van der Waals surface area contributed by atoms with E-state index in [2.05, 4.69) is 31.7 Å². The van der Waals surface area contributed by atoms with Crippen LogP contribution in [0.2, 0.25) is 0 Å². The van der Waals surface area contributed by atoms with Crippen molar-refractivity contribution in [3.63, 3.8) is 0 Å². The summed E-state index contributed by atoms with van der Waals surface area (Å²) in [5, 5.41) is 8.51. The molecule has 74 valence electrons. The molecule has 0 amide bonds. The third-order valence-electron chi connectivity index (χ3n) is 1.81. The summed E-state index contributed by atoms with van der Waals surface area (Å²) in [4.78, 5) is 0. The minimum absolute atomic E-state index is 0.764. The molecule has 0 saturated carbocycles. The van der Waals surface area contributed by atoms with Crippen molar-refractivity contribution < 1.29 is 0 Å². The lowest BCUT2D eigenvalue weighted by Gasteiger charge is -1.93. The molecule has 0 atom stereocenters. The second-order valence-electron chi connectivity index (χ2n) is 2.97. The van der Waals surface area contributed by atoms with Crippen molar-refractivity contribution in [2.24, 2.45) is 0 Å². The molecule has 0 aliphatic carbocycles. The molecule has 0 unspecified atom stereocenters. The Bertz CT molecular complexity index is 298. The fraction of sp³-hybridized carbons (Fsp3) is 0.308. The first-order valence-corrected chi connectivity index (χ1v) is 4.79. The monoisotopic (exact) mass is 187 g/mol. The van der Waals surface area contributed by atoms with E-state index in [1.165, 1.54) is 5.57 Å². The highest BCUT2D eigenvalue weighted by Crippen LogP contribution is 2.04. The van der Waals surface area contributed by atoms with Gasteiger partial charge in [0.05, 0.1) is 6.07 Å². The second-order valence-corrected chi connectivity index (χ2v) is 2.97. The molecule has 0 aliphatic rings. The second kappa shape index (κ2) is 8.07. The molecular formula is C13H17N. The minimum Gasteiger partial charge on any atom is -0.193 e. The van der Waals surface area contributed by atoms with E-state index in [1.807, 2.05) is 19.1 Å². The molecule has 0 aliphatic heterocycles. The van der Waals surface area contributed by atoms with Gasteiger partial charge in [-0.25, -0.2) is 0 Å². The summed E-state index contributed by atoms with van der Waals surface area (Å²) in [5.74, 6) is 0. The molecule has 0 aromatic carbocycles. The van der Waals surface area contributed by atoms with Gasteiger partial charge in [-0.2, -0.15) is 5.26 Å². The van der Waals surface area contributed by atoms with Crippen LogP contribution in [0.4, 0.5) is 0 Å². The SMILES string of the molecule is C=C/C=C(\C=C/C/C=C(\C)C#N)CC. The molecule has 14 heavy (non-hydrogen) atoms. The first-order chi connectivity index (χ1) is 6.74. The Morgan fingerprint density at radius 2 is 2.21 bits per heavy atom. The molecule has 0 bridgehead atoms. The van der Waals surface area contributed by atoms with Gasteiger partial charge in [-0.3, -0.25) is 0 Å². The topological polar surface area (TPSA) is 23.8 Å². The van der Waals surface area contributed by atoms with E-state index in [0.717, 1.165) is 18.4 Å². The zero-order valence-corrected chi connectivity index (χ0v) is 8.96. The van der Waals surface area contributed by atoms with Gasteiger partial charge in [0.1, 0.15) is 0 Å². The number of allylic oxidation sites excluding steroid dienone is 7. The fourth-order valence-corrected chi connectivity index (χ4v) is 0.953. The standard InChI is InChI=1S/C13H17N/c1-4-8-13(5-2)10-7-6-9-12(3)11-14/h4,7-10H,1,5-6H2,2-3H3/b10-7-,12-9+,13-8-. The van der Waals surface area contributed by atoms with Crippen molar-refractivity contribution in [1.29, 1.82) is 5.26 Å². The smallest absolute Gasteiger partial charge is 0.0940 e. The molecule has 0 saturated heterocycles. The molecule has 1 nitrogen and oxygen atoms in total. The van der Waals surface area contributed by atoms with Crippen LogP contribution in [0.15, 0.2) is 48.1 Å². The molecule has 0 rings (SSSR count). The van der Waals surface area contributed by atoms with Crippen LogP contribution < -0.4 is 0 Å². The Balaban J connectivity index is 4.13. The summed E-state index contributed by atoms with van der Waals surface area (Å²) in [5.41, 5.74) is 2.02. The predicted octanol–water partition coefficient (Wildman–Crippen LogP) is 3.92. The summed E-state index contributed by atoms with van der Waals surface area (Å²) in [6.07, 6.45) is 11.6. The molecule has 0 heterocycles. The zero-order valence-electron chi connectivity index (χ0n) is 8.96. The average molecular weight is 187 g/mol. The summed E-state index contributed by atoms with van der Waals surface area (Å²) in [6, 6.07) is 2.09. The molecule has 0 aromatic heterocycles. The Labute approximate surface area is 86.8 Å². The molecule has 0 fully saturated rings. The van der Waals surface area contributed by atoms with E-state index in [1.54, 1.807) is 6.08 Å². The summed E-state index contributed by atoms with van der Waals surface area (Å²) >= 11 is 0. The lowest BCUT2D eigenvalue weighted by atomic mass is 10.1. The van der Waals surface area contributed by atoms with Crippen molar-refractivity contribution in [3.8, 4) is 6.07 Å². The third kappa shape index (κ3) is 6.02. The normalized spacial score (nSPS) is 12.9. The Morgan fingerprint density at radius 1 is 1.50 bits per heavy atom. The predicted molar refractivity (Wildman–Crippen MR) is 61.7 cm³/mol. The van der Waals surface area contributed by atoms with E-state index in [4.69, 9.17) is 5.26 Å². The van der Waals surface area contributed by atoms with Gasteiger partial charge in [-0.05, 0) is 25.3 Å². The maximum Gasteiger partial charge on any atom is 0.0940 e. The van der Waals surface area contributed by atoms with Crippen LogP contribution in [0, 0.1) is 11.3 Å². The minimum atomic E-state index is 0.764. The number of nitriles is 1. The Morgan fingerprint density at radius 3 is 2.71 bits per heavy atom. The van der Waals surface area contributed by atoms with Gasteiger partial charge in [0, 0.05) is 5.57 Å². The van der Waals surface area contributed by atoms with E-state index in [9.17, 15) is 0 Å². The number of hydrogen-bond donors (Lipinski definition) is 0. The fourth-order valence-electron chi connectivity index (χ4n) is 0.953. The third-order valence-corrected chi connectivity index (χ3v) is 1.81. The van der Waals surface area contributed by atoms with E-state index >= 15 is 0 Å². The van der Waals surface area contributed by atoms with Crippen LogP contribution in [-0.4, -0.2) is 0 Å². The van der Waals surface area contributed by atoms with Crippen molar-refractivity contribution in [3.05, 3.63) is 48.1 Å². The molecular weight excluding hydrogens is 170 g/mol. The molecule has 0 radical (unpaired) electrons. The van der Waals surface area contributed by atoms with Gasteiger partial charge in [-0.1, -0.05) is 43.9 Å². The van der Waals surface area contributed by atoms with Gasteiger partial charge < -0.3 is 0 Å². The van der Waals surface area contributed by atoms with Crippen LogP contribution >= 0.6 is 0 Å². The maximum absolute atomic E-state index is 8.51. The maximum atomic E-state index is 8.51. The van der Waals surface area contributed by atoms with Crippen LogP contribution in [0.1, 0.15) is 26.7 Å².